The van der Waals surface area contributed by atoms with Crippen LogP contribution in [0.1, 0.15) is 12.8 Å². The molecule has 0 N–H and O–H groups in total. The van der Waals surface area contributed by atoms with Gasteiger partial charge in [0.15, 0.2) is 0 Å². The SMILES string of the molecule is CN1CCN(C(=O)C2CCN(c3ccccc3)CC2)CC1. The molecule has 4 nitrogen and oxygen atoms in total. The molecule has 2 aliphatic rings. The molecule has 0 unspecified atom stereocenters. The molecule has 0 bridgehead atoms. The second kappa shape index (κ2) is 6.48. The molecule has 2 heterocycles. The van der Waals surface area contributed by atoms with Crippen LogP contribution < -0.4 is 4.90 Å². The van der Waals surface area contributed by atoms with Crippen molar-refractivity contribution in [2.24, 2.45) is 5.92 Å². The van der Waals surface area contributed by atoms with E-state index in [1.807, 2.05) is 6.07 Å². The smallest absolute Gasteiger partial charge is 0.225 e. The van der Waals surface area contributed by atoms with Crippen LogP contribution in [0.2, 0.25) is 0 Å². The predicted molar refractivity (Wildman–Crippen MR) is 85.5 cm³/mol. The molecule has 1 amide bonds. The number of nitrogens with zero attached hydrogens (tertiary/aromatic N) is 3. The number of para-hydroxylation sites is 1. The average molecular weight is 287 g/mol. The minimum absolute atomic E-state index is 0.230. The van der Waals surface area contributed by atoms with Crippen molar-refractivity contribution in [1.29, 1.82) is 0 Å². The Labute approximate surface area is 127 Å². The van der Waals surface area contributed by atoms with Crippen LogP contribution in [0.15, 0.2) is 30.3 Å². The van der Waals surface area contributed by atoms with Crippen LogP contribution in [0.5, 0.6) is 0 Å². The van der Waals surface area contributed by atoms with Gasteiger partial charge < -0.3 is 14.7 Å². The highest BCUT2D eigenvalue weighted by Crippen LogP contribution is 2.24. The lowest BCUT2D eigenvalue weighted by Crippen LogP contribution is -2.50. The van der Waals surface area contributed by atoms with Crippen LogP contribution >= 0.6 is 0 Å². The number of rotatable bonds is 2. The van der Waals surface area contributed by atoms with Gasteiger partial charge in [-0.25, -0.2) is 0 Å². The summed E-state index contributed by atoms with van der Waals surface area (Å²) >= 11 is 0. The van der Waals surface area contributed by atoms with E-state index in [1.165, 1.54) is 5.69 Å². The van der Waals surface area contributed by atoms with Crippen molar-refractivity contribution in [2.75, 3.05) is 51.2 Å². The van der Waals surface area contributed by atoms with E-state index in [0.29, 0.717) is 5.91 Å². The molecule has 0 radical (unpaired) electrons. The Bertz CT molecular complexity index is 460. The van der Waals surface area contributed by atoms with Gasteiger partial charge in [-0.1, -0.05) is 18.2 Å². The summed E-state index contributed by atoms with van der Waals surface area (Å²) in [5.74, 6) is 0.615. The normalized spacial score (nSPS) is 21.6. The molecule has 0 atom stereocenters. The highest BCUT2D eigenvalue weighted by atomic mass is 16.2. The zero-order valence-electron chi connectivity index (χ0n) is 12.9. The Kier molecular flexibility index (Phi) is 4.44. The Morgan fingerprint density at radius 2 is 1.57 bits per heavy atom. The van der Waals surface area contributed by atoms with E-state index < -0.39 is 0 Å². The number of hydrogen-bond donors (Lipinski definition) is 0. The van der Waals surface area contributed by atoms with Gasteiger partial charge in [0.05, 0.1) is 0 Å². The van der Waals surface area contributed by atoms with E-state index >= 15 is 0 Å². The topological polar surface area (TPSA) is 26.8 Å². The molecule has 0 aliphatic carbocycles. The fourth-order valence-electron chi connectivity index (χ4n) is 3.31. The summed E-state index contributed by atoms with van der Waals surface area (Å²) in [7, 11) is 2.13. The quantitative estimate of drug-likeness (QED) is 0.828. The third kappa shape index (κ3) is 3.38. The Hall–Kier alpha value is -1.55. The van der Waals surface area contributed by atoms with Gasteiger partial charge in [-0.2, -0.15) is 0 Å². The first-order valence-corrected chi connectivity index (χ1v) is 8.01. The maximum Gasteiger partial charge on any atom is 0.225 e. The first kappa shape index (κ1) is 14.4. The first-order chi connectivity index (χ1) is 10.2. The van der Waals surface area contributed by atoms with Gasteiger partial charge in [-0.15, -0.1) is 0 Å². The van der Waals surface area contributed by atoms with Crippen LogP contribution in [0, 0.1) is 5.92 Å². The summed E-state index contributed by atoms with van der Waals surface area (Å²) in [6.07, 6.45) is 1.97. The van der Waals surface area contributed by atoms with Crippen LogP contribution in [0.25, 0.3) is 0 Å². The van der Waals surface area contributed by atoms with Crippen molar-refractivity contribution in [1.82, 2.24) is 9.80 Å². The van der Waals surface area contributed by atoms with Crippen LogP contribution in [-0.2, 0) is 4.79 Å². The minimum atomic E-state index is 0.230. The number of carbonyl (C=O) groups is 1. The molecule has 2 saturated heterocycles. The van der Waals surface area contributed by atoms with Crippen molar-refractivity contribution >= 4 is 11.6 Å². The zero-order valence-corrected chi connectivity index (χ0v) is 12.9. The van der Waals surface area contributed by atoms with Crippen LogP contribution in [-0.4, -0.2) is 62.0 Å². The van der Waals surface area contributed by atoms with E-state index in [2.05, 4.69) is 46.0 Å². The maximum atomic E-state index is 12.6. The van der Waals surface area contributed by atoms with Gasteiger partial charge in [-0.05, 0) is 32.0 Å². The molecule has 21 heavy (non-hydrogen) atoms. The third-order valence-corrected chi connectivity index (χ3v) is 4.78. The van der Waals surface area contributed by atoms with Crippen molar-refractivity contribution in [3.63, 3.8) is 0 Å². The molecule has 1 aromatic rings. The third-order valence-electron chi connectivity index (χ3n) is 4.78. The number of anilines is 1. The standard InChI is InChI=1S/C17H25N3O/c1-18-11-13-20(14-12-18)17(21)15-7-9-19(10-8-15)16-5-3-2-4-6-16/h2-6,15H,7-14H2,1H3. The second-order valence-electron chi connectivity index (χ2n) is 6.23. The summed E-state index contributed by atoms with van der Waals surface area (Å²) in [5.41, 5.74) is 1.28. The zero-order chi connectivity index (χ0) is 14.7. The van der Waals surface area contributed by atoms with Crippen molar-refractivity contribution in [3.8, 4) is 0 Å². The summed E-state index contributed by atoms with van der Waals surface area (Å²) in [6, 6.07) is 10.5. The van der Waals surface area contributed by atoms with Crippen molar-refractivity contribution < 1.29 is 4.79 Å². The molecule has 2 fully saturated rings. The summed E-state index contributed by atoms with van der Waals surface area (Å²) < 4.78 is 0. The molecule has 0 aromatic heterocycles. The molecule has 4 heteroatoms. The summed E-state index contributed by atoms with van der Waals surface area (Å²) in [5, 5.41) is 0. The summed E-state index contributed by atoms with van der Waals surface area (Å²) in [6.45, 7) is 5.80. The molecular weight excluding hydrogens is 262 g/mol. The highest BCUT2D eigenvalue weighted by Gasteiger charge is 2.29. The molecule has 3 rings (SSSR count). The van der Waals surface area contributed by atoms with Gasteiger partial charge in [0.1, 0.15) is 0 Å². The lowest BCUT2D eigenvalue weighted by atomic mass is 9.94. The number of likely N-dealkylation sites (N-methyl/N-ethyl adjacent to an activating group) is 1. The number of piperidine rings is 1. The largest absolute Gasteiger partial charge is 0.371 e. The maximum absolute atomic E-state index is 12.6. The average Bonchev–Trinajstić information content (AvgIpc) is 2.56. The fraction of sp³-hybridized carbons (Fsp3) is 0.588. The number of carbonyl (C=O) groups excluding carboxylic acids is 1. The van der Waals surface area contributed by atoms with Crippen molar-refractivity contribution in [2.45, 2.75) is 12.8 Å². The Morgan fingerprint density at radius 1 is 0.952 bits per heavy atom. The van der Waals surface area contributed by atoms with E-state index in [0.717, 1.165) is 52.1 Å². The van der Waals surface area contributed by atoms with Gasteiger partial charge in [0, 0.05) is 50.9 Å². The van der Waals surface area contributed by atoms with Gasteiger partial charge in [-0.3, -0.25) is 4.79 Å². The van der Waals surface area contributed by atoms with E-state index in [9.17, 15) is 4.79 Å². The lowest BCUT2D eigenvalue weighted by Gasteiger charge is -2.38. The van der Waals surface area contributed by atoms with Crippen LogP contribution in [0.3, 0.4) is 0 Å². The molecule has 114 valence electrons. The molecule has 2 aliphatic heterocycles. The molecule has 0 saturated carbocycles. The number of piperazine rings is 1. The van der Waals surface area contributed by atoms with E-state index in [1.54, 1.807) is 0 Å². The molecule has 1 aromatic carbocycles. The Balaban J connectivity index is 1.52. The minimum Gasteiger partial charge on any atom is -0.371 e. The lowest BCUT2D eigenvalue weighted by molar-refractivity contribution is -0.137. The van der Waals surface area contributed by atoms with Gasteiger partial charge in [0.2, 0.25) is 5.91 Å². The van der Waals surface area contributed by atoms with E-state index in [4.69, 9.17) is 0 Å². The van der Waals surface area contributed by atoms with Gasteiger partial charge >= 0.3 is 0 Å². The second-order valence-corrected chi connectivity index (χ2v) is 6.23. The predicted octanol–water partition coefficient (Wildman–Crippen LogP) is 1.68. The molecule has 0 spiro atoms. The van der Waals surface area contributed by atoms with Crippen LogP contribution in [0.4, 0.5) is 5.69 Å². The van der Waals surface area contributed by atoms with Crippen molar-refractivity contribution in [3.05, 3.63) is 30.3 Å². The highest BCUT2D eigenvalue weighted by molar-refractivity contribution is 5.79. The molecular formula is C17H25N3O. The monoisotopic (exact) mass is 287 g/mol. The first-order valence-electron chi connectivity index (χ1n) is 8.01. The fourth-order valence-corrected chi connectivity index (χ4v) is 3.31. The summed E-state index contributed by atoms with van der Waals surface area (Å²) in [4.78, 5) is 19.4. The van der Waals surface area contributed by atoms with E-state index in [-0.39, 0.29) is 5.92 Å². The number of benzene rings is 1. The Morgan fingerprint density at radius 3 is 2.19 bits per heavy atom. The number of amides is 1. The number of hydrogen-bond acceptors (Lipinski definition) is 3. The van der Waals surface area contributed by atoms with Gasteiger partial charge in [0.25, 0.3) is 0 Å².